The Morgan fingerprint density at radius 3 is 2.71 bits per heavy atom. The Morgan fingerprint density at radius 1 is 1.07 bits per heavy atom. The first-order valence-corrected chi connectivity index (χ1v) is 8.71. The number of hydrogen-bond donors (Lipinski definition) is 1. The summed E-state index contributed by atoms with van der Waals surface area (Å²) in [5.74, 6) is 1.75. The van der Waals surface area contributed by atoms with Crippen molar-refractivity contribution in [3.05, 3.63) is 107 Å². The molecule has 2 aromatic carbocycles. The van der Waals surface area contributed by atoms with Crippen LogP contribution in [-0.2, 0) is 6.42 Å². The molecule has 0 saturated heterocycles. The van der Waals surface area contributed by atoms with Crippen molar-refractivity contribution in [1.29, 1.82) is 5.26 Å². The first-order valence-electron chi connectivity index (χ1n) is 8.71. The molecule has 0 amide bonds. The van der Waals surface area contributed by atoms with Crippen LogP contribution in [0.3, 0.4) is 0 Å². The SMILES string of the molecule is N#Cc1ccc(Cc2ncc[nH]2)cc1Oc1ccccc1-n1ccccc1=O. The molecule has 0 aliphatic carbocycles. The molecule has 2 aromatic heterocycles. The molecule has 136 valence electrons. The van der Waals surface area contributed by atoms with Gasteiger partial charge in [0.15, 0.2) is 5.75 Å². The summed E-state index contributed by atoms with van der Waals surface area (Å²) >= 11 is 0. The molecule has 2 heterocycles. The molecule has 4 aromatic rings. The number of aromatic amines is 1. The molecule has 0 radical (unpaired) electrons. The molecular formula is C22H16N4O2. The standard InChI is InChI=1S/C22H16N4O2/c23-15-17-9-8-16(14-21-24-10-11-25-21)13-20(17)28-19-6-2-1-5-18(19)26-12-4-3-7-22(26)27/h1-13H,14H2,(H,24,25). The monoisotopic (exact) mass is 368 g/mol. The van der Waals surface area contributed by atoms with Crippen LogP contribution in [0.1, 0.15) is 17.0 Å². The number of hydrogen-bond acceptors (Lipinski definition) is 4. The maximum atomic E-state index is 12.2. The van der Waals surface area contributed by atoms with Gasteiger partial charge in [-0.1, -0.05) is 24.3 Å². The number of para-hydroxylation sites is 2. The molecule has 0 fully saturated rings. The average Bonchev–Trinajstić information content (AvgIpc) is 3.22. The molecule has 0 bridgehead atoms. The normalized spacial score (nSPS) is 10.4. The van der Waals surface area contributed by atoms with Gasteiger partial charge in [-0.15, -0.1) is 0 Å². The van der Waals surface area contributed by atoms with Gasteiger partial charge in [0.25, 0.3) is 5.56 Å². The minimum absolute atomic E-state index is 0.161. The number of pyridine rings is 1. The van der Waals surface area contributed by atoms with Crippen LogP contribution in [-0.4, -0.2) is 14.5 Å². The topological polar surface area (TPSA) is 83.7 Å². The summed E-state index contributed by atoms with van der Waals surface area (Å²) < 4.78 is 7.60. The molecule has 6 nitrogen and oxygen atoms in total. The molecule has 0 aliphatic rings. The van der Waals surface area contributed by atoms with Gasteiger partial charge in [-0.05, 0) is 35.9 Å². The van der Waals surface area contributed by atoms with Crippen LogP contribution < -0.4 is 10.3 Å². The van der Waals surface area contributed by atoms with E-state index >= 15 is 0 Å². The fourth-order valence-corrected chi connectivity index (χ4v) is 2.93. The molecule has 0 unspecified atom stereocenters. The first-order chi connectivity index (χ1) is 13.7. The van der Waals surface area contributed by atoms with E-state index < -0.39 is 0 Å². The Kier molecular flexibility index (Phi) is 4.72. The van der Waals surface area contributed by atoms with Gasteiger partial charge in [-0.3, -0.25) is 9.36 Å². The number of aromatic nitrogens is 3. The van der Waals surface area contributed by atoms with Crippen molar-refractivity contribution < 1.29 is 4.74 Å². The van der Waals surface area contributed by atoms with Crippen molar-refractivity contribution in [2.45, 2.75) is 6.42 Å². The van der Waals surface area contributed by atoms with E-state index in [0.717, 1.165) is 11.4 Å². The summed E-state index contributed by atoms with van der Waals surface area (Å²) in [7, 11) is 0. The molecule has 4 rings (SSSR count). The van der Waals surface area contributed by atoms with Crippen molar-refractivity contribution in [2.75, 3.05) is 0 Å². The number of nitrogens with one attached hydrogen (secondary N) is 1. The smallest absolute Gasteiger partial charge is 0.255 e. The Hall–Kier alpha value is -4.11. The molecule has 1 N–H and O–H groups in total. The van der Waals surface area contributed by atoms with Gasteiger partial charge in [-0.2, -0.15) is 5.26 Å². The number of imidazole rings is 1. The van der Waals surface area contributed by atoms with Crippen LogP contribution in [0.2, 0.25) is 0 Å². The Bertz CT molecular complexity index is 1200. The molecule has 6 heteroatoms. The maximum absolute atomic E-state index is 12.2. The van der Waals surface area contributed by atoms with Crippen LogP contribution in [0.5, 0.6) is 11.5 Å². The van der Waals surface area contributed by atoms with E-state index in [1.54, 1.807) is 48.9 Å². The average molecular weight is 368 g/mol. The predicted molar refractivity (Wildman–Crippen MR) is 105 cm³/mol. The largest absolute Gasteiger partial charge is 0.454 e. The second-order valence-electron chi connectivity index (χ2n) is 6.13. The van der Waals surface area contributed by atoms with Crippen molar-refractivity contribution in [3.63, 3.8) is 0 Å². The summed E-state index contributed by atoms with van der Waals surface area (Å²) in [5, 5.41) is 9.47. The minimum Gasteiger partial charge on any atom is -0.454 e. The highest BCUT2D eigenvalue weighted by Gasteiger charge is 2.12. The van der Waals surface area contributed by atoms with Gasteiger partial charge in [0, 0.05) is 31.1 Å². The third kappa shape index (κ3) is 3.55. The van der Waals surface area contributed by atoms with Crippen LogP contribution >= 0.6 is 0 Å². The second-order valence-corrected chi connectivity index (χ2v) is 6.13. The van der Waals surface area contributed by atoms with E-state index in [2.05, 4.69) is 16.0 Å². The van der Waals surface area contributed by atoms with Crippen LogP contribution in [0, 0.1) is 11.3 Å². The number of nitrogens with zero attached hydrogens (tertiary/aromatic N) is 3. The van der Waals surface area contributed by atoms with E-state index in [1.165, 1.54) is 10.6 Å². The zero-order valence-electron chi connectivity index (χ0n) is 14.9. The van der Waals surface area contributed by atoms with Gasteiger partial charge in [0.05, 0.1) is 11.3 Å². The lowest BCUT2D eigenvalue weighted by atomic mass is 10.1. The molecular weight excluding hydrogens is 352 g/mol. The zero-order chi connectivity index (χ0) is 19.3. The van der Waals surface area contributed by atoms with E-state index in [0.29, 0.717) is 29.2 Å². The molecule has 0 atom stereocenters. The van der Waals surface area contributed by atoms with Crippen LogP contribution in [0.25, 0.3) is 5.69 Å². The van der Waals surface area contributed by atoms with Gasteiger partial charge < -0.3 is 9.72 Å². The quantitative estimate of drug-likeness (QED) is 0.580. The number of rotatable bonds is 5. The third-order valence-corrected chi connectivity index (χ3v) is 4.26. The van der Waals surface area contributed by atoms with Crippen LogP contribution in [0.15, 0.2) is 84.0 Å². The number of H-pyrrole nitrogens is 1. The van der Waals surface area contributed by atoms with Crippen LogP contribution in [0.4, 0.5) is 0 Å². The Labute approximate surface area is 161 Å². The lowest BCUT2D eigenvalue weighted by Gasteiger charge is -2.14. The van der Waals surface area contributed by atoms with E-state index in [1.807, 2.05) is 24.3 Å². The van der Waals surface area contributed by atoms with E-state index in [9.17, 15) is 10.1 Å². The second kappa shape index (κ2) is 7.64. The summed E-state index contributed by atoms with van der Waals surface area (Å²) in [6, 6.07) is 19.8. The third-order valence-electron chi connectivity index (χ3n) is 4.26. The highest BCUT2D eigenvalue weighted by molar-refractivity contribution is 5.53. The minimum atomic E-state index is -0.161. The molecule has 28 heavy (non-hydrogen) atoms. The molecule has 0 saturated carbocycles. The Balaban J connectivity index is 1.73. The lowest BCUT2D eigenvalue weighted by Crippen LogP contribution is -2.16. The number of benzene rings is 2. The summed E-state index contributed by atoms with van der Waals surface area (Å²) in [6.07, 6.45) is 5.74. The van der Waals surface area contributed by atoms with Gasteiger partial charge in [0.1, 0.15) is 17.6 Å². The maximum Gasteiger partial charge on any atom is 0.255 e. The predicted octanol–water partition coefficient (Wildman–Crippen LogP) is 3.82. The van der Waals surface area contributed by atoms with Crippen molar-refractivity contribution in [3.8, 4) is 23.3 Å². The van der Waals surface area contributed by atoms with Gasteiger partial charge in [-0.25, -0.2) is 4.98 Å². The summed E-state index contributed by atoms with van der Waals surface area (Å²) in [6.45, 7) is 0. The molecule has 0 aliphatic heterocycles. The van der Waals surface area contributed by atoms with Crippen molar-refractivity contribution in [1.82, 2.24) is 14.5 Å². The fourth-order valence-electron chi connectivity index (χ4n) is 2.93. The van der Waals surface area contributed by atoms with Gasteiger partial charge >= 0.3 is 0 Å². The van der Waals surface area contributed by atoms with E-state index in [-0.39, 0.29) is 5.56 Å². The van der Waals surface area contributed by atoms with E-state index in [4.69, 9.17) is 4.74 Å². The Morgan fingerprint density at radius 2 is 1.93 bits per heavy atom. The number of ether oxygens (including phenoxy) is 1. The van der Waals surface area contributed by atoms with Gasteiger partial charge in [0.2, 0.25) is 0 Å². The zero-order valence-corrected chi connectivity index (χ0v) is 14.9. The van der Waals surface area contributed by atoms with Crippen molar-refractivity contribution in [2.24, 2.45) is 0 Å². The fraction of sp³-hybridized carbons (Fsp3) is 0.0455. The number of nitriles is 1. The summed E-state index contributed by atoms with van der Waals surface area (Å²) in [4.78, 5) is 19.5. The summed E-state index contributed by atoms with van der Waals surface area (Å²) in [5.41, 5.74) is 1.82. The highest BCUT2D eigenvalue weighted by atomic mass is 16.5. The highest BCUT2D eigenvalue weighted by Crippen LogP contribution is 2.30. The molecule has 0 spiro atoms. The lowest BCUT2D eigenvalue weighted by molar-refractivity contribution is 0.477. The first kappa shape index (κ1) is 17.3. The van der Waals surface area contributed by atoms with Crippen molar-refractivity contribution >= 4 is 0 Å².